The van der Waals surface area contributed by atoms with Crippen LogP contribution in [0.4, 0.5) is 0 Å². The lowest BCUT2D eigenvalue weighted by Gasteiger charge is -2.33. The van der Waals surface area contributed by atoms with Crippen LogP contribution in [0, 0.1) is 0 Å². The first-order chi connectivity index (χ1) is 7.24. The summed E-state index contributed by atoms with van der Waals surface area (Å²) < 4.78 is 10.7. The van der Waals surface area contributed by atoms with Crippen molar-refractivity contribution in [2.45, 2.75) is 43.8 Å². The van der Waals surface area contributed by atoms with Gasteiger partial charge in [0.1, 0.15) is 0 Å². The highest BCUT2D eigenvalue weighted by Gasteiger charge is 2.41. The Balaban J connectivity index is 1.85. The molecule has 0 amide bonds. The van der Waals surface area contributed by atoms with Gasteiger partial charge in [0, 0.05) is 0 Å². The highest BCUT2D eigenvalue weighted by atomic mass is 16.5. The number of carbonyl (C=O) groups excluding carboxylic acids is 1. The number of rotatable bonds is 2. The number of hydrogen-bond donors (Lipinski definition) is 1. The van der Waals surface area contributed by atoms with E-state index in [9.17, 15) is 4.79 Å². The van der Waals surface area contributed by atoms with E-state index in [2.05, 4.69) is 10.1 Å². The summed E-state index contributed by atoms with van der Waals surface area (Å²) in [6.45, 7) is 2.07. The lowest BCUT2D eigenvalue weighted by atomic mass is 9.89. The van der Waals surface area contributed by atoms with Crippen molar-refractivity contribution in [3.05, 3.63) is 0 Å². The zero-order valence-electron chi connectivity index (χ0n) is 9.25. The molecule has 0 radical (unpaired) electrons. The van der Waals surface area contributed by atoms with E-state index in [-0.39, 0.29) is 17.7 Å². The number of carbonyl (C=O) groups is 1. The van der Waals surface area contributed by atoms with Crippen molar-refractivity contribution in [2.24, 2.45) is 0 Å². The van der Waals surface area contributed by atoms with Crippen molar-refractivity contribution in [2.75, 3.05) is 20.2 Å². The molecule has 1 spiro atoms. The number of ether oxygens (including phenoxy) is 2. The van der Waals surface area contributed by atoms with Crippen LogP contribution in [0.1, 0.15) is 32.1 Å². The molecule has 15 heavy (non-hydrogen) atoms. The summed E-state index contributed by atoms with van der Waals surface area (Å²) >= 11 is 0. The minimum absolute atomic E-state index is 0.0595. The molecule has 0 aromatic carbocycles. The van der Waals surface area contributed by atoms with E-state index in [1.54, 1.807) is 0 Å². The van der Waals surface area contributed by atoms with Crippen LogP contribution in [0.15, 0.2) is 0 Å². The molecule has 1 N–H and O–H groups in total. The van der Waals surface area contributed by atoms with Crippen LogP contribution >= 0.6 is 0 Å². The quantitative estimate of drug-likeness (QED) is 0.691. The molecule has 1 atom stereocenters. The van der Waals surface area contributed by atoms with Gasteiger partial charge in [0.05, 0.1) is 25.2 Å². The van der Waals surface area contributed by atoms with Crippen molar-refractivity contribution in [3.8, 4) is 0 Å². The van der Waals surface area contributed by atoms with Gasteiger partial charge >= 0.3 is 5.97 Å². The fraction of sp³-hybridized carbons (Fsp3) is 0.909. The number of esters is 1. The molecule has 2 aliphatic rings. The van der Waals surface area contributed by atoms with Gasteiger partial charge in [-0.25, -0.2) is 0 Å². The lowest BCUT2D eigenvalue weighted by molar-refractivity contribution is -0.145. The zero-order valence-corrected chi connectivity index (χ0v) is 9.25. The number of methoxy groups -OCH3 is 1. The Morgan fingerprint density at radius 1 is 1.47 bits per heavy atom. The molecule has 0 aromatic rings. The van der Waals surface area contributed by atoms with E-state index in [0.717, 1.165) is 38.8 Å². The molecule has 0 saturated carbocycles. The van der Waals surface area contributed by atoms with Gasteiger partial charge in [0.2, 0.25) is 0 Å². The van der Waals surface area contributed by atoms with Crippen LogP contribution in [0.2, 0.25) is 0 Å². The van der Waals surface area contributed by atoms with Crippen LogP contribution in [-0.4, -0.2) is 37.9 Å². The predicted octanol–water partition coefficient (Wildman–Crippen LogP) is 0.851. The van der Waals surface area contributed by atoms with Gasteiger partial charge in [-0.05, 0) is 38.8 Å². The smallest absolute Gasteiger partial charge is 0.308 e. The van der Waals surface area contributed by atoms with Gasteiger partial charge in [-0.15, -0.1) is 0 Å². The van der Waals surface area contributed by atoms with Crippen LogP contribution in [0.25, 0.3) is 0 Å². The molecule has 86 valence electrons. The molecule has 4 nitrogen and oxygen atoms in total. The highest BCUT2D eigenvalue weighted by molar-refractivity contribution is 5.69. The maximum Gasteiger partial charge on any atom is 0.308 e. The van der Waals surface area contributed by atoms with Crippen molar-refractivity contribution in [3.63, 3.8) is 0 Å². The summed E-state index contributed by atoms with van der Waals surface area (Å²) in [5.74, 6) is -0.161. The van der Waals surface area contributed by atoms with Crippen LogP contribution in [-0.2, 0) is 14.3 Å². The summed E-state index contributed by atoms with van der Waals surface area (Å²) in [5.41, 5.74) is 0.0595. The first-order valence-corrected chi connectivity index (χ1v) is 5.69. The molecule has 0 aromatic heterocycles. The third-order valence-electron chi connectivity index (χ3n) is 3.48. The molecular formula is C11H19NO3. The lowest BCUT2D eigenvalue weighted by Crippen LogP contribution is -2.42. The van der Waals surface area contributed by atoms with Crippen molar-refractivity contribution >= 4 is 5.97 Å². The topological polar surface area (TPSA) is 47.6 Å². The molecule has 2 fully saturated rings. The fourth-order valence-corrected chi connectivity index (χ4v) is 2.56. The number of hydrogen-bond acceptors (Lipinski definition) is 4. The van der Waals surface area contributed by atoms with Crippen molar-refractivity contribution in [1.29, 1.82) is 0 Å². The van der Waals surface area contributed by atoms with Gasteiger partial charge in [0.25, 0.3) is 0 Å². The number of piperidine rings is 1. The third kappa shape index (κ3) is 2.49. The van der Waals surface area contributed by atoms with Gasteiger partial charge in [-0.3, -0.25) is 4.79 Å². The summed E-state index contributed by atoms with van der Waals surface area (Å²) in [5, 5.41) is 3.33. The Bertz CT molecular complexity index is 236. The molecule has 2 rings (SSSR count). The van der Waals surface area contributed by atoms with E-state index < -0.39 is 0 Å². The second-order valence-corrected chi connectivity index (χ2v) is 4.49. The van der Waals surface area contributed by atoms with Crippen LogP contribution in [0.3, 0.4) is 0 Å². The Labute approximate surface area is 90.3 Å². The summed E-state index contributed by atoms with van der Waals surface area (Å²) in [4.78, 5) is 11.1. The standard InChI is InChI=1S/C11H19NO3/c1-14-10(13)8-9-2-3-11(15-9)4-6-12-7-5-11/h9,12H,2-8H2,1H3/t9-/m0/s1. The summed E-state index contributed by atoms with van der Waals surface area (Å²) in [6, 6.07) is 0. The Morgan fingerprint density at radius 2 is 2.20 bits per heavy atom. The van der Waals surface area contributed by atoms with Crippen LogP contribution < -0.4 is 5.32 Å². The van der Waals surface area contributed by atoms with E-state index in [0.29, 0.717) is 6.42 Å². The Morgan fingerprint density at radius 3 is 2.87 bits per heavy atom. The third-order valence-corrected chi connectivity index (χ3v) is 3.48. The van der Waals surface area contributed by atoms with E-state index in [1.165, 1.54) is 7.11 Å². The fourth-order valence-electron chi connectivity index (χ4n) is 2.56. The summed E-state index contributed by atoms with van der Waals surface area (Å²) in [7, 11) is 1.43. The predicted molar refractivity (Wildman–Crippen MR) is 55.6 cm³/mol. The first kappa shape index (κ1) is 10.9. The monoisotopic (exact) mass is 213 g/mol. The SMILES string of the molecule is COC(=O)C[C@@H]1CCC2(CCNCC2)O1. The molecule has 0 bridgehead atoms. The molecule has 0 aliphatic carbocycles. The van der Waals surface area contributed by atoms with Crippen LogP contribution in [0.5, 0.6) is 0 Å². The van der Waals surface area contributed by atoms with E-state index in [4.69, 9.17) is 4.74 Å². The first-order valence-electron chi connectivity index (χ1n) is 5.69. The normalized spacial score (nSPS) is 29.3. The highest BCUT2D eigenvalue weighted by Crippen LogP contribution is 2.38. The molecule has 4 heteroatoms. The maximum absolute atomic E-state index is 11.1. The Kier molecular flexibility index (Phi) is 3.26. The Hall–Kier alpha value is -0.610. The summed E-state index contributed by atoms with van der Waals surface area (Å²) in [6.07, 6.45) is 4.72. The molecule has 0 unspecified atom stereocenters. The molecule has 2 saturated heterocycles. The molecular weight excluding hydrogens is 194 g/mol. The average molecular weight is 213 g/mol. The minimum atomic E-state index is -0.161. The van der Waals surface area contributed by atoms with Crippen molar-refractivity contribution in [1.82, 2.24) is 5.32 Å². The maximum atomic E-state index is 11.1. The second-order valence-electron chi connectivity index (χ2n) is 4.49. The van der Waals surface area contributed by atoms with Gasteiger partial charge < -0.3 is 14.8 Å². The minimum Gasteiger partial charge on any atom is -0.469 e. The average Bonchev–Trinajstić information content (AvgIpc) is 2.62. The largest absolute Gasteiger partial charge is 0.469 e. The van der Waals surface area contributed by atoms with Gasteiger partial charge in [-0.2, -0.15) is 0 Å². The number of nitrogens with one attached hydrogen (secondary N) is 1. The van der Waals surface area contributed by atoms with E-state index >= 15 is 0 Å². The van der Waals surface area contributed by atoms with Gasteiger partial charge in [-0.1, -0.05) is 0 Å². The van der Waals surface area contributed by atoms with Crippen molar-refractivity contribution < 1.29 is 14.3 Å². The van der Waals surface area contributed by atoms with Gasteiger partial charge in [0.15, 0.2) is 0 Å². The zero-order chi connectivity index (χ0) is 10.7. The van der Waals surface area contributed by atoms with E-state index in [1.807, 2.05) is 0 Å². The molecule has 2 aliphatic heterocycles. The second kappa shape index (κ2) is 4.49. The molecule has 2 heterocycles.